The molecule has 0 spiro atoms. The van der Waals surface area contributed by atoms with Crippen molar-refractivity contribution in [2.45, 2.75) is 70.3 Å². The Balaban J connectivity index is 2.13. The van der Waals surface area contributed by atoms with Gasteiger partial charge in [-0.05, 0) is 25.7 Å². The van der Waals surface area contributed by atoms with E-state index in [9.17, 15) is 14.4 Å². The Kier molecular flexibility index (Phi) is 7.69. The molecule has 1 fully saturated rings. The summed E-state index contributed by atoms with van der Waals surface area (Å²) in [6.07, 6.45) is 7.78. The van der Waals surface area contributed by atoms with Crippen LogP contribution in [0.2, 0.25) is 0 Å². The second kappa shape index (κ2) is 9.34. The van der Waals surface area contributed by atoms with Crippen molar-refractivity contribution in [3.05, 3.63) is 0 Å². The number of rotatable bonds is 6. The minimum absolute atomic E-state index is 0.0571. The highest BCUT2D eigenvalue weighted by atomic mass is 16.4. The number of carboxylic acid groups (broad SMARTS) is 1. The average molecular weight is 284 g/mol. The molecule has 1 saturated carbocycles. The molecule has 3 N–H and O–H groups in total. The van der Waals surface area contributed by atoms with E-state index in [-0.39, 0.29) is 24.8 Å². The topological polar surface area (TPSA) is 95.5 Å². The molecular formula is C14H24N2O4. The van der Waals surface area contributed by atoms with E-state index in [1.165, 1.54) is 12.8 Å². The predicted molar refractivity (Wildman–Crippen MR) is 74.3 cm³/mol. The molecule has 1 aliphatic carbocycles. The van der Waals surface area contributed by atoms with Crippen molar-refractivity contribution in [2.75, 3.05) is 0 Å². The maximum absolute atomic E-state index is 11.6. The summed E-state index contributed by atoms with van der Waals surface area (Å²) in [5.41, 5.74) is 0. The van der Waals surface area contributed by atoms with Crippen molar-refractivity contribution in [1.82, 2.24) is 10.6 Å². The highest BCUT2D eigenvalue weighted by Gasteiger charge is 2.15. The Morgan fingerprint density at radius 2 is 1.55 bits per heavy atom. The molecule has 6 heteroatoms. The summed E-state index contributed by atoms with van der Waals surface area (Å²) < 4.78 is 0. The molecule has 0 bridgehead atoms. The lowest BCUT2D eigenvalue weighted by Gasteiger charge is -2.16. The lowest BCUT2D eigenvalue weighted by atomic mass is 10.1. The van der Waals surface area contributed by atoms with Crippen LogP contribution in [-0.2, 0) is 9.59 Å². The Labute approximate surface area is 119 Å². The first kappa shape index (κ1) is 16.5. The van der Waals surface area contributed by atoms with Crippen LogP contribution in [0.25, 0.3) is 0 Å². The van der Waals surface area contributed by atoms with Crippen molar-refractivity contribution in [3.8, 4) is 0 Å². The molecule has 0 saturated heterocycles. The van der Waals surface area contributed by atoms with Gasteiger partial charge >= 0.3 is 12.0 Å². The number of carboxylic acids is 1. The molecule has 6 nitrogen and oxygen atoms in total. The van der Waals surface area contributed by atoms with Crippen LogP contribution in [0.4, 0.5) is 4.79 Å². The molecule has 0 aromatic rings. The maximum Gasteiger partial charge on any atom is 0.321 e. The summed E-state index contributed by atoms with van der Waals surface area (Å²) in [6.45, 7) is 0. The lowest BCUT2D eigenvalue weighted by Crippen LogP contribution is -2.44. The Morgan fingerprint density at radius 3 is 2.15 bits per heavy atom. The smallest absolute Gasteiger partial charge is 0.321 e. The second-order valence-electron chi connectivity index (χ2n) is 5.31. The van der Waals surface area contributed by atoms with Gasteiger partial charge in [0.2, 0.25) is 5.91 Å². The summed E-state index contributed by atoms with van der Waals surface area (Å²) >= 11 is 0. The molecule has 0 radical (unpaired) electrons. The fraction of sp³-hybridized carbons (Fsp3) is 0.786. The Hall–Kier alpha value is -1.59. The van der Waals surface area contributed by atoms with Gasteiger partial charge < -0.3 is 10.4 Å². The first-order valence-electron chi connectivity index (χ1n) is 7.40. The van der Waals surface area contributed by atoms with Gasteiger partial charge in [-0.15, -0.1) is 0 Å². The van der Waals surface area contributed by atoms with Gasteiger partial charge in [-0.25, -0.2) is 4.79 Å². The van der Waals surface area contributed by atoms with Gasteiger partial charge in [0.25, 0.3) is 0 Å². The summed E-state index contributed by atoms with van der Waals surface area (Å²) in [7, 11) is 0. The quantitative estimate of drug-likeness (QED) is 0.514. The summed E-state index contributed by atoms with van der Waals surface area (Å²) in [5.74, 6) is -1.21. The number of unbranched alkanes of at least 4 members (excludes halogenated alkanes) is 1. The Morgan fingerprint density at radius 1 is 0.950 bits per heavy atom. The number of carbonyl (C=O) groups is 3. The molecule has 0 heterocycles. The van der Waals surface area contributed by atoms with E-state index in [2.05, 4.69) is 10.6 Å². The van der Waals surface area contributed by atoms with Crippen LogP contribution in [0, 0.1) is 0 Å². The summed E-state index contributed by atoms with van der Waals surface area (Å²) in [6, 6.07) is -0.266. The molecule has 114 valence electrons. The van der Waals surface area contributed by atoms with Crippen molar-refractivity contribution in [2.24, 2.45) is 0 Å². The molecule has 0 atom stereocenters. The molecule has 0 unspecified atom stereocenters. The lowest BCUT2D eigenvalue weighted by molar-refractivity contribution is -0.137. The van der Waals surface area contributed by atoms with Gasteiger partial charge in [-0.3, -0.25) is 14.9 Å². The third-order valence-electron chi connectivity index (χ3n) is 3.49. The van der Waals surface area contributed by atoms with E-state index >= 15 is 0 Å². The highest BCUT2D eigenvalue weighted by molar-refractivity contribution is 5.94. The highest BCUT2D eigenvalue weighted by Crippen LogP contribution is 2.16. The number of imide groups is 1. The van der Waals surface area contributed by atoms with Crippen molar-refractivity contribution >= 4 is 17.9 Å². The van der Waals surface area contributed by atoms with Crippen LogP contribution in [0.5, 0.6) is 0 Å². The first-order chi connectivity index (χ1) is 9.58. The molecule has 1 aliphatic rings. The minimum Gasteiger partial charge on any atom is -0.481 e. The van der Waals surface area contributed by atoms with Crippen LogP contribution >= 0.6 is 0 Å². The number of hydrogen-bond donors (Lipinski definition) is 3. The van der Waals surface area contributed by atoms with E-state index in [0.29, 0.717) is 12.8 Å². The molecule has 0 aromatic carbocycles. The zero-order valence-electron chi connectivity index (χ0n) is 11.8. The fourth-order valence-electron chi connectivity index (χ4n) is 2.40. The van der Waals surface area contributed by atoms with E-state index in [0.717, 1.165) is 25.7 Å². The van der Waals surface area contributed by atoms with Crippen molar-refractivity contribution in [1.29, 1.82) is 0 Å². The van der Waals surface area contributed by atoms with Crippen LogP contribution in [0.1, 0.15) is 64.2 Å². The van der Waals surface area contributed by atoms with Crippen LogP contribution in [0.15, 0.2) is 0 Å². The third-order valence-corrected chi connectivity index (χ3v) is 3.49. The van der Waals surface area contributed by atoms with Crippen LogP contribution in [-0.4, -0.2) is 29.1 Å². The summed E-state index contributed by atoms with van der Waals surface area (Å²) in [4.78, 5) is 33.4. The van der Waals surface area contributed by atoms with E-state index in [1.54, 1.807) is 0 Å². The van der Waals surface area contributed by atoms with Crippen molar-refractivity contribution in [3.63, 3.8) is 0 Å². The molecular weight excluding hydrogens is 260 g/mol. The molecule has 0 aliphatic heterocycles. The molecule has 0 aromatic heterocycles. The van der Waals surface area contributed by atoms with Gasteiger partial charge in [0.05, 0.1) is 0 Å². The van der Waals surface area contributed by atoms with Gasteiger partial charge in [0.1, 0.15) is 0 Å². The van der Waals surface area contributed by atoms with E-state index in [4.69, 9.17) is 5.11 Å². The van der Waals surface area contributed by atoms with Gasteiger partial charge in [-0.2, -0.15) is 0 Å². The van der Waals surface area contributed by atoms with Crippen molar-refractivity contribution < 1.29 is 19.5 Å². The van der Waals surface area contributed by atoms with E-state index in [1.807, 2.05) is 0 Å². The van der Waals surface area contributed by atoms with Crippen LogP contribution < -0.4 is 10.6 Å². The molecule has 3 amide bonds. The zero-order valence-corrected chi connectivity index (χ0v) is 11.8. The van der Waals surface area contributed by atoms with E-state index < -0.39 is 12.0 Å². The second-order valence-corrected chi connectivity index (χ2v) is 5.31. The average Bonchev–Trinajstić information content (AvgIpc) is 2.63. The largest absolute Gasteiger partial charge is 0.481 e. The SMILES string of the molecule is O=C(O)CCCCC(=O)NC(=O)NC1CCCCCC1. The first-order valence-corrected chi connectivity index (χ1v) is 7.40. The molecule has 20 heavy (non-hydrogen) atoms. The maximum atomic E-state index is 11.6. The van der Waals surface area contributed by atoms with Gasteiger partial charge in [0.15, 0.2) is 0 Å². The standard InChI is InChI=1S/C14H24N2O4/c17-12(9-5-6-10-13(18)19)16-14(20)15-11-7-3-1-2-4-8-11/h11H,1-10H2,(H,18,19)(H2,15,16,17,20). The number of carbonyl (C=O) groups excluding carboxylic acids is 2. The predicted octanol–water partition coefficient (Wildman–Crippen LogP) is 2.18. The number of amides is 3. The molecule has 1 rings (SSSR count). The number of urea groups is 1. The third kappa shape index (κ3) is 7.76. The minimum atomic E-state index is -0.864. The number of aliphatic carboxylic acids is 1. The van der Waals surface area contributed by atoms with Gasteiger partial charge in [0, 0.05) is 18.9 Å². The zero-order chi connectivity index (χ0) is 14.8. The van der Waals surface area contributed by atoms with Crippen LogP contribution in [0.3, 0.4) is 0 Å². The Bertz CT molecular complexity index is 336. The summed E-state index contributed by atoms with van der Waals surface area (Å²) in [5, 5.41) is 13.6. The normalized spacial score (nSPS) is 16.2. The fourth-order valence-corrected chi connectivity index (χ4v) is 2.40. The van der Waals surface area contributed by atoms with Gasteiger partial charge in [-0.1, -0.05) is 25.7 Å². The monoisotopic (exact) mass is 284 g/mol. The number of nitrogens with one attached hydrogen (secondary N) is 2. The number of hydrogen-bond acceptors (Lipinski definition) is 3.